The van der Waals surface area contributed by atoms with Crippen molar-refractivity contribution in [3.63, 3.8) is 0 Å². The van der Waals surface area contributed by atoms with Crippen LogP contribution in [0.5, 0.6) is 0 Å². The fourth-order valence-electron chi connectivity index (χ4n) is 2.49. The molecule has 0 heterocycles. The highest BCUT2D eigenvalue weighted by atomic mass is 16.4. The van der Waals surface area contributed by atoms with Crippen molar-refractivity contribution >= 4 is 5.97 Å². The minimum Gasteiger partial charge on any atom is -0.480 e. The summed E-state index contributed by atoms with van der Waals surface area (Å²) in [4.78, 5) is 10.5. The van der Waals surface area contributed by atoms with Crippen LogP contribution in [-0.4, -0.2) is 36.5 Å². The first kappa shape index (κ1) is 21.4. The first-order valence-corrected chi connectivity index (χ1v) is 9.00. The Hall–Kier alpha value is -0.650. The lowest BCUT2D eigenvalue weighted by Crippen LogP contribution is -2.51. The Morgan fingerprint density at radius 2 is 1.36 bits per heavy atom. The van der Waals surface area contributed by atoms with E-state index in [1.165, 1.54) is 57.8 Å². The molecule has 5 nitrogen and oxygen atoms in total. The molecule has 22 heavy (non-hydrogen) atoms. The van der Waals surface area contributed by atoms with Crippen LogP contribution in [0.3, 0.4) is 0 Å². The third kappa shape index (κ3) is 15.7. The predicted octanol–water partition coefficient (Wildman–Crippen LogP) is 3.06. The van der Waals surface area contributed by atoms with Crippen molar-refractivity contribution in [3.8, 4) is 0 Å². The van der Waals surface area contributed by atoms with Gasteiger partial charge in [0.15, 0.2) is 0 Å². The highest BCUT2D eigenvalue weighted by Gasteiger charge is 2.07. The minimum atomic E-state index is -0.830. The zero-order valence-corrected chi connectivity index (χ0v) is 14.8. The molecule has 0 amide bonds. The van der Waals surface area contributed by atoms with Gasteiger partial charge in [0.1, 0.15) is 0 Å². The fraction of sp³-hybridized carbons (Fsp3) is 0.941. The molecule has 2 atom stereocenters. The second-order valence-corrected chi connectivity index (χ2v) is 6.17. The average molecular weight is 316 g/mol. The Morgan fingerprint density at radius 3 is 1.91 bits per heavy atom. The number of nitrogens with one attached hydrogen (secondary N) is 3. The van der Waals surface area contributed by atoms with Gasteiger partial charge in [-0.25, -0.2) is 0 Å². The van der Waals surface area contributed by atoms with E-state index >= 15 is 0 Å². The van der Waals surface area contributed by atoms with Crippen molar-refractivity contribution in [1.29, 1.82) is 0 Å². The van der Waals surface area contributed by atoms with Crippen molar-refractivity contribution < 1.29 is 9.90 Å². The molecule has 0 rings (SSSR count). The van der Waals surface area contributed by atoms with Crippen LogP contribution >= 0.6 is 0 Å². The number of unbranched alkanes of at least 4 members (excludes halogenated alkanes) is 8. The molecular formula is C17H37N3O2. The summed E-state index contributed by atoms with van der Waals surface area (Å²) < 4.78 is 0. The quantitative estimate of drug-likeness (QED) is 0.260. The van der Waals surface area contributed by atoms with Crippen molar-refractivity contribution in [1.82, 2.24) is 16.0 Å². The van der Waals surface area contributed by atoms with Gasteiger partial charge < -0.3 is 10.4 Å². The number of carbonyl (C=O) groups is 1. The van der Waals surface area contributed by atoms with E-state index in [9.17, 15) is 4.79 Å². The van der Waals surface area contributed by atoms with Gasteiger partial charge in [-0.3, -0.25) is 15.4 Å². The molecule has 4 N–H and O–H groups in total. The molecule has 0 aromatic carbocycles. The van der Waals surface area contributed by atoms with E-state index in [4.69, 9.17) is 5.11 Å². The molecule has 0 aliphatic heterocycles. The first-order chi connectivity index (χ1) is 10.6. The van der Waals surface area contributed by atoms with Crippen molar-refractivity contribution in [3.05, 3.63) is 0 Å². The highest BCUT2D eigenvalue weighted by Crippen LogP contribution is 2.09. The van der Waals surface area contributed by atoms with Gasteiger partial charge in [0.25, 0.3) is 0 Å². The molecule has 132 valence electrons. The van der Waals surface area contributed by atoms with Crippen LogP contribution in [0.4, 0.5) is 0 Å². The molecule has 0 saturated carbocycles. The van der Waals surface area contributed by atoms with Crippen molar-refractivity contribution in [2.45, 2.75) is 90.9 Å². The number of aliphatic carboxylic acids is 1. The second kappa shape index (κ2) is 15.3. The largest absolute Gasteiger partial charge is 0.480 e. The number of carboxylic acids is 1. The van der Waals surface area contributed by atoms with Gasteiger partial charge in [0.05, 0.1) is 18.9 Å². The summed E-state index contributed by atoms with van der Waals surface area (Å²) in [5.41, 5.74) is 0. The Bertz CT molecular complexity index is 262. The molecular weight excluding hydrogens is 278 g/mol. The van der Waals surface area contributed by atoms with Crippen molar-refractivity contribution in [2.24, 2.45) is 0 Å². The van der Waals surface area contributed by atoms with Gasteiger partial charge >= 0.3 is 5.97 Å². The third-order valence-corrected chi connectivity index (χ3v) is 3.79. The van der Waals surface area contributed by atoms with Gasteiger partial charge in [0.2, 0.25) is 0 Å². The topological polar surface area (TPSA) is 73.4 Å². The van der Waals surface area contributed by atoms with Crippen LogP contribution in [0, 0.1) is 0 Å². The molecule has 0 aromatic rings. The molecule has 0 saturated heterocycles. The monoisotopic (exact) mass is 315 g/mol. The van der Waals surface area contributed by atoms with Crippen LogP contribution in [0.25, 0.3) is 0 Å². The van der Waals surface area contributed by atoms with Crippen molar-refractivity contribution in [2.75, 3.05) is 13.1 Å². The maximum atomic E-state index is 10.5. The van der Waals surface area contributed by atoms with Crippen LogP contribution in [0.15, 0.2) is 0 Å². The molecule has 0 aliphatic carbocycles. The number of rotatable bonds is 16. The predicted molar refractivity (Wildman–Crippen MR) is 92.9 cm³/mol. The van der Waals surface area contributed by atoms with Gasteiger partial charge in [-0.1, -0.05) is 58.3 Å². The van der Waals surface area contributed by atoms with Crippen LogP contribution in [-0.2, 0) is 4.79 Å². The van der Waals surface area contributed by atoms with E-state index < -0.39 is 5.97 Å². The molecule has 0 aromatic heterocycles. The molecule has 0 bridgehead atoms. The average Bonchev–Trinajstić information content (AvgIpc) is 2.47. The number of carboxylic acid groups (broad SMARTS) is 1. The summed E-state index contributed by atoms with van der Waals surface area (Å²) in [6, 6.07) is 0. The maximum Gasteiger partial charge on any atom is 0.317 e. The summed E-state index contributed by atoms with van der Waals surface area (Å²) in [5.74, 6) is -0.830. The fourth-order valence-corrected chi connectivity index (χ4v) is 2.49. The van der Waals surface area contributed by atoms with Crippen LogP contribution < -0.4 is 16.0 Å². The smallest absolute Gasteiger partial charge is 0.317 e. The standard InChI is InChI=1S/C17H37N3O2/c1-4-5-6-7-8-9-10-11-12-13-18-15(2)20-16(3)19-14-17(21)22/h15-16,18-20H,4-14H2,1-3H3,(H,21,22). The number of hydrogen-bond acceptors (Lipinski definition) is 4. The summed E-state index contributed by atoms with van der Waals surface area (Å²) in [6.45, 7) is 7.24. The lowest BCUT2D eigenvalue weighted by Gasteiger charge is -2.21. The van der Waals surface area contributed by atoms with Crippen LogP contribution in [0.1, 0.15) is 78.6 Å². The molecule has 0 spiro atoms. The SMILES string of the molecule is CCCCCCCCCCCNC(C)NC(C)NCC(=O)O. The van der Waals surface area contributed by atoms with Gasteiger partial charge in [-0.2, -0.15) is 0 Å². The Labute approximate surface area is 136 Å². The first-order valence-electron chi connectivity index (χ1n) is 9.00. The van der Waals surface area contributed by atoms with Gasteiger partial charge in [0, 0.05) is 0 Å². The molecule has 2 unspecified atom stereocenters. The van der Waals surface area contributed by atoms with E-state index in [1.54, 1.807) is 0 Å². The summed E-state index contributed by atoms with van der Waals surface area (Å²) >= 11 is 0. The summed E-state index contributed by atoms with van der Waals surface area (Å²) in [6.07, 6.45) is 12.3. The maximum absolute atomic E-state index is 10.5. The van der Waals surface area contributed by atoms with E-state index in [2.05, 4.69) is 29.8 Å². The van der Waals surface area contributed by atoms with E-state index in [1.807, 2.05) is 6.92 Å². The summed E-state index contributed by atoms with van der Waals surface area (Å²) in [7, 11) is 0. The van der Waals surface area contributed by atoms with E-state index in [0.29, 0.717) is 0 Å². The second-order valence-electron chi connectivity index (χ2n) is 6.17. The minimum absolute atomic E-state index is 0.0123. The third-order valence-electron chi connectivity index (χ3n) is 3.79. The zero-order chi connectivity index (χ0) is 16.6. The lowest BCUT2D eigenvalue weighted by molar-refractivity contribution is -0.136. The normalized spacial score (nSPS) is 14.0. The highest BCUT2D eigenvalue weighted by molar-refractivity contribution is 5.69. The Balaban J connectivity index is 3.30. The molecule has 0 fully saturated rings. The Kier molecular flexibility index (Phi) is 14.8. The Morgan fingerprint density at radius 1 is 0.864 bits per heavy atom. The lowest BCUT2D eigenvalue weighted by atomic mass is 10.1. The molecule has 0 aliphatic rings. The van der Waals surface area contributed by atoms with E-state index in [-0.39, 0.29) is 18.9 Å². The number of hydrogen-bond donors (Lipinski definition) is 4. The van der Waals surface area contributed by atoms with Gasteiger partial charge in [-0.15, -0.1) is 0 Å². The van der Waals surface area contributed by atoms with E-state index in [0.717, 1.165) is 6.54 Å². The van der Waals surface area contributed by atoms with Gasteiger partial charge in [-0.05, 0) is 26.8 Å². The summed E-state index contributed by atoms with van der Waals surface area (Å²) in [5, 5.41) is 18.2. The zero-order valence-electron chi connectivity index (χ0n) is 14.8. The van der Waals surface area contributed by atoms with Crippen LogP contribution in [0.2, 0.25) is 0 Å². The molecule has 0 radical (unpaired) electrons. The molecule has 5 heteroatoms.